The van der Waals surface area contributed by atoms with Crippen molar-refractivity contribution >= 4 is 33.2 Å². The van der Waals surface area contributed by atoms with Crippen molar-refractivity contribution < 1.29 is 22.0 Å². The highest BCUT2D eigenvalue weighted by atomic mass is 35.5. The minimum atomic E-state index is -3.83. The van der Waals surface area contributed by atoms with Gasteiger partial charge in [0.25, 0.3) is 5.91 Å². The molecule has 3 rings (SSSR count). The third-order valence-electron chi connectivity index (χ3n) is 4.74. The second-order valence-corrected chi connectivity index (χ2v) is 9.16. The molecule has 0 spiro atoms. The van der Waals surface area contributed by atoms with Crippen LogP contribution in [0.3, 0.4) is 0 Å². The first-order valence-electron chi connectivity index (χ1n) is 8.74. The number of hydrogen-bond donors (Lipinski definition) is 1. The highest BCUT2D eigenvalue weighted by Crippen LogP contribution is 2.25. The summed E-state index contributed by atoms with van der Waals surface area (Å²) >= 11 is 5.67. The number of amides is 1. The Kier molecular flexibility index (Phi) is 6.02. The smallest absolute Gasteiger partial charge is 0.258 e. The van der Waals surface area contributed by atoms with Crippen molar-refractivity contribution in [1.29, 1.82) is 0 Å². The van der Waals surface area contributed by atoms with Gasteiger partial charge in [0.1, 0.15) is 11.6 Å². The molecular formula is C19H19ClF2N2O3S. The van der Waals surface area contributed by atoms with Gasteiger partial charge < -0.3 is 5.32 Å². The summed E-state index contributed by atoms with van der Waals surface area (Å²) in [4.78, 5) is 12.3. The molecule has 0 radical (unpaired) electrons. The molecular weight excluding hydrogens is 410 g/mol. The zero-order valence-electron chi connectivity index (χ0n) is 15.1. The maximum Gasteiger partial charge on any atom is 0.258 e. The molecule has 150 valence electrons. The standard InChI is InChI=1S/C19H19ClF2N2O3S/c1-12-6-8-24(9-7-12)28(26,27)14-3-5-17(21)15(11-14)19(25)23-13-2-4-18(22)16(20)10-13/h2-5,10-12H,6-9H2,1H3,(H,23,25). The summed E-state index contributed by atoms with van der Waals surface area (Å²) in [6.45, 7) is 2.83. The Balaban J connectivity index is 1.86. The predicted molar refractivity (Wildman–Crippen MR) is 103 cm³/mol. The summed E-state index contributed by atoms with van der Waals surface area (Å²) < 4.78 is 54.4. The topological polar surface area (TPSA) is 66.5 Å². The van der Waals surface area contributed by atoms with Crippen LogP contribution in [0.1, 0.15) is 30.1 Å². The van der Waals surface area contributed by atoms with E-state index in [0.717, 1.165) is 37.1 Å². The molecule has 1 N–H and O–H groups in total. The van der Waals surface area contributed by atoms with Gasteiger partial charge in [0.05, 0.1) is 15.5 Å². The molecule has 2 aromatic carbocycles. The van der Waals surface area contributed by atoms with Crippen LogP contribution >= 0.6 is 11.6 Å². The van der Waals surface area contributed by atoms with Gasteiger partial charge in [-0.3, -0.25) is 4.79 Å². The van der Waals surface area contributed by atoms with E-state index < -0.39 is 33.1 Å². The van der Waals surface area contributed by atoms with Gasteiger partial charge in [-0.05, 0) is 55.2 Å². The predicted octanol–water partition coefficient (Wildman–Crippen LogP) is 4.29. The van der Waals surface area contributed by atoms with Crippen molar-refractivity contribution in [2.24, 2.45) is 5.92 Å². The number of benzene rings is 2. The lowest BCUT2D eigenvalue weighted by Gasteiger charge is -2.29. The Bertz CT molecular complexity index is 1010. The highest BCUT2D eigenvalue weighted by Gasteiger charge is 2.29. The maximum atomic E-state index is 14.2. The number of carbonyl (C=O) groups is 1. The molecule has 9 heteroatoms. The van der Waals surface area contributed by atoms with Gasteiger partial charge in [0, 0.05) is 18.8 Å². The summed E-state index contributed by atoms with van der Waals surface area (Å²) in [6, 6.07) is 6.63. The number of rotatable bonds is 4. The SMILES string of the molecule is CC1CCN(S(=O)(=O)c2ccc(F)c(C(=O)Nc3ccc(F)c(Cl)c3)c2)CC1. The molecule has 1 amide bonds. The van der Waals surface area contributed by atoms with E-state index in [0.29, 0.717) is 19.0 Å². The fraction of sp³-hybridized carbons (Fsp3) is 0.316. The van der Waals surface area contributed by atoms with E-state index in [2.05, 4.69) is 12.2 Å². The second kappa shape index (κ2) is 8.14. The van der Waals surface area contributed by atoms with Crippen LogP contribution in [0.5, 0.6) is 0 Å². The zero-order chi connectivity index (χ0) is 20.5. The van der Waals surface area contributed by atoms with E-state index in [-0.39, 0.29) is 15.6 Å². The number of piperidine rings is 1. The third kappa shape index (κ3) is 4.34. The fourth-order valence-electron chi connectivity index (χ4n) is 2.99. The van der Waals surface area contributed by atoms with Gasteiger partial charge in [-0.2, -0.15) is 4.31 Å². The van der Waals surface area contributed by atoms with Gasteiger partial charge >= 0.3 is 0 Å². The Morgan fingerprint density at radius 2 is 1.75 bits per heavy atom. The molecule has 0 aromatic heterocycles. The molecule has 1 fully saturated rings. The van der Waals surface area contributed by atoms with E-state index in [1.54, 1.807) is 0 Å². The van der Waals surface area contributed by atoms with Gasteiger partial charge in [0.2, 0.25) is 10.0 Å². The Morgan fingerprint density at radius 1 is 1.11 bits per heavy atom. The molecule has 1 aliphatic heterocycles. The summed E-state index contributed by atoms with van der Waals surface area (Å²) in [5.74, 6) is -1.93. The number of nitrogens with one attached hydrogen (secondary N) is 1. The number of sulfonamides is 1. The number of halogens is 3. The molecule has 1 heterocycles. The first kappa shape index (κ1) is 20.7. The minimum absolute atomic E-state index is 0.147. The van der Waals surface area contributed by atoms with Crippen LogP contribution in [-0.4, -0.2) is 31.7 Å². The molecule has 0 aliphatic carbocycles. The lowest BCUT2D eigenvalue weighted by molar-refractivity contribution is 0.102. The zero-order valence-corrected chi connectivity index (χ0v) is 16.7. The first-order chi connectivity index (χ1) is 13.2. The van der Waals surface area contributed by atoms with Crippen molar-refractivity contribution in [2.75, 3.05) is 18.4 Å². The van der Waals surface area contributed by atoms with E-state index in [4.69, 9.17) is 11.6 Å². The lowest BCUT2D eigenvalue weighted by Crippen LogP contribution is -2.38. The van der Waals surface area contributed by atoms with Crippen LogP contribution in [0.15, 0.2) is 41.3 Å². The van der Waals surface area contributed by atoms with Crippen LogP contribution in [0.4, 0.5) is 14.5 Å². The summed E-state index contributed by atoms with van der Waals surface area (Å²) in [5.41, 5.74) is -0.263. The lowest BCUT2D eigenvalue weighted by atomic mass is 10.0. The highest BCUT2D eigenvalue weighted by molar-refractivity contribution is 7.89. The summed E-state index contributed by atoms with van der Waals surface area (Å²) in [5, 5.41) is 2.19. The van der Waals surface area contributed by atoms with Crippen molar-refractivity contribution in [3.05, 3.63) is 58.6 Å². The van der Waals surface area contributed by atoms with Crippen LogP contribution < -0.4 is 5.32 Å². The summed E-state index contributed by atoms with van der Waals surface area (Å²) in [6.07, 6.45) is 1.50. The summed E-state index contributed by atoms with van der Waals surface area (Å²) in [7, 11) is -3.83. The average Bonchev–Trinajstić information content (AvgIpc) is 2.65. The molecule has 5 nitrogen and oxygen atoms in total. The number of carbonyl (C=O) groups excluding carboxylic acids is 1. The monoisotopic (exact) mass is 428 g/mol. The normalized spacial score (nSPS) is 16.1. The molecule has 0 unspecified atom stereocenters. The van der Waals surface area contributed by atoms with Crippen LogP contribution in [0, 0.1) is 17.6 Å². The van der Waals surface area contributed by atoms with Gasteiger partial charge in [-0.25, -0.2) is 17.2 Å². The van der Waals surface area contributed by atoms with E-state index in [9.17, 15) is 22.0 Å². The van der Waals surface area contributed by atoms with E-state index in [1.807, 2.05) is 0 Å². The quantitative estimate of drug-likeness (QED) is 0.789. The van der Waals surface area contributed by atoms with Crippen molar-refractivity contribution in [1.82, 2.24) is 4.31 Å². The molecule has 0 bridgehead atoms. The second-order valence-electron chi connectivity index (χ2n) is 6.81. The number of hydrogen-bond acceptors (Lipinski definition) is 3. The molecule has 28 heavy (non-hydrogen) atoms. The molecule has 0 atom stereocenters. The van der Waals surface area contributed by atoms with E-state index in [1.165, 1.54) is 16.4 Å². The van der Waals surface area contributed by atoms with Crippen LogP contribution in [0.2, 0.25) is 5.02 Å². The fourth-order valence-corrected chi connectivity index (χ4v) is 4.66. The van der Waals surface area contributed by atoms with Crippen LogP contribution in [0.25, 0.3) is 0 Å². The van der Waals surface area contributed by atoms with Gasteiger partial charge in [-0.15, -0.1) is 0 Å². The van der Waals surface area contributed by atoms with Crippen molar-refractivity contribution in [3.8, 4) is 0 Å². The third-order valence-corrected chi connectivity index (χ3v) is 6.92. The van der Waals surface area contributed by atoms with Gasteiger partial charge in [-0.1, -0.05) is 18.5 Å². The molecule has 1 saturated heterocycles. The molecule has 1 aliphatic rings. The largest absolute Gasteiger partial charge is 0.322 e. The Labute approximate surface area is 167 Å². The number of nitrogens with zero attached hydrogens (tertiary/aromatic N) is 1. The van der Waals surface area contributed by atoms with Gasteiger partial charge in [0.15, 0.2) is 0 Å². The first-order valence-corrected chi connectivity index (χ1v) is 10.6. The number of anilines is 1. The maximum absolute atomic E-state index is 14.2. The van der Waals surface area contributed by atoms with Crippen molar-refractivity contribution in [2.45, 2.75) is 24.7 Å². The van der Waals surface area contributed by atoms with E-state index >= 15 is 0 Å². The average molecular weight is 429 g/mol. The molecule has 2 aromatic rings. The van der Waals surface area contributed by atoms with Crippen molar-refractivity contribution in [3.63, 3.8) is 0 Å². The van der Waals surface area contributed by atoms with Crippen LogP contribution in [-0.2, 0) is 10.0 Å². The molecule has 0 saturated carbocycles. The Hall–Kier alpha value is -2.03. The minimum Gasteiger partial charge on any atom is -0.322 e. The Morgan fingerprint density at radius 3 is 2.39 bits per heavy atom.